The van der Waals surface area contributed by atoms with E-state index in [1.54, 1.807) is 12.1 Å². The molecule has 1 amide bonds. The van der Waals surface area contributed by atoms with E-state index in [4.69, 9.17) is 0 Å². The van der Waals surface area contributed by atoms with Gasteiger partial charge in [0.05, 0.1) is 13.2 Å². The van der Waals surface area contributed by atoms with Crippen LogP contribution in [0.5, 0.6) is 0 Å². The maximum Gasteiger partial charge on any atom is 0.234 e. The number of nitrogens with one attached hydrogen (secondary N) is 1. The van der Waals surface area contributed by atoms with Gasteiger partial charge in [0.25, 0.3) is 0 Å². The van der Waals surface area contributed by atoms with Crippen molar-refractivity contribution in [2.24, 2.45) is 5.41 Å². The van der Waals surface area contributed by atoms with Crippen LogP contribution in [-0.2, 0) is 11.2 Å². The fourth-order valence-electron chi connectivity index (χ4n) is 3.37. The summed E-state index contributed by atoms with van der Waals surface area (Å²) < 4.78 is 12.8. The van der Waals surface area contributed by atoms with Crippen LogP contribution in [0.1, 0.15) is 24.8 Å². The molecule has 1 aromatic rings. The summed E-state index contributed by atoms with van der Waals surface area (Å²) in [6.45, 7) is 6.39. The van der Waals surface area contributed by atoms with Crippen LogP contribution < -0.4 is 5.32 Å². The number of carbonyl (C=O) groups is 1. The quantitative estimate of drug-likeness (QED) is 0.716. The molecule has 0 saturated carbocycles. The second-order valence-corrected chi connectivity index (χ2v) is 6.69. The topological polar surface area (TPSA) is 52.6 Å². The minimum Gasteiger partial charge on any atom is -0.396 e. The van der Waals surface area contributed by atoms with Crippen LogP contribution in [0.4, 0.5) is 4.39 Å². The van der Waals surface area contributed by atoms with E-state index in [0.29, 0.717) is 19.5 Å². The van der Waals surface area contributed by atoms with Gasteiger partial charge < -0.3 is 10.4 Å². The molecule has 1 fully saturated rings. The Morgan fingerprint density at radius 3 is 2.83 bits per heavy atom. The molecule has 2 N–H and O–H groups in total. The number of halogens is 1. The van der Waals surface area contributed by atoms with E-state index in [-0.39, 0.29) is 23.7 Å². The molecule has 0 spiro atoms. The Hall–Kier alpha value is -1.72. The van der Waals surface area contributed by atoms with Gasteiger partial charge in [-0.1, -0.05) is 18.2 Å². The summed E-state index contributed by atoms with van der Waals surface area (Å²) in [6.07, 6.45) is 5.26. The Balaban J connectivity index is 1.75. The van der Waals surface area contributed by atoms with Crippen LogP contribution in [0.25, 0.3) is 0 Å². The number of carbonyl (C=O) groups excluding carboxylic acids is 1. The molecular weight excluding hydrogens is 307 g/mol. The number of aliphatic hydroxyl groups excluding tert-OH is 1. The lowest BCUT2D eigenvalue weighted by molar-refractivity contribution is -0.123. The number of amides is 1. The minimum absolute atomic E-state index is 0.00976. The van der Waals surface area contributed by atoms with Gasteiger partial charge in [0.2, 0.25) is 5.91 Å². The molecule has 1 aromatic carbocycles. The number of aliphatic hydroxyl groups is 1. The van der Waals surface area contributed by atoms with Crippen molar-refractivity contribution in [3.05, 3.63) is 48.3 Å². The van der Waals surface area contributed by atoms with Crippen molar-refractivity contribution in [2.45, 2.75) is 25.7 Å². The lowest BCUT2D eigenvalue weighted by Gasteiger charge is -2.41. The molecule has 2 rings (SSSR count). The summed E-state index contributed by atoms with van der Waals surface area (Å²) in [5, 5.41) is 12.6. The molecule has 0 unspecified atom stereocenters. The van der Waals surface area contributed by atoms with Gasteiger partial charge in [-0.15, -0.1) is 6.58 Å². The van der Waals surface area contributed by atoms with Crippen LogP contribution in [0.3, 0.4) is 0 Å². The number of hydrogen-bond donors (Lipinski definition) is 2. The highest BCUT2D eigenvalue weighted by Gasteiger charge is 2.34. The number of rotatable bonds is 8. The first-order chi connectivity index (χ1) is 11.6. The Morgan fingerprint density at radius 2 is 2.17 bits per heavy atom. The molecule has 1 aliphatic rings. The SMILES string of the molecule is C=CC[C@]1(CO)CCCN(CC(=O)NCCc2ccc(F)cc2)C1. The van der Waals surface area contributed by atoms with Gasteiger partial charge in [-0.3, -0.25) is 9.69 Å². The summed E-state index contributed by atoms with van der Waals surface area (Å²) >= 11 is 0. The molecule has 1 saturated heterocycles. The van der Waals surface area contributed by atoms with Crippen LogP contribution in [0, 0.1) is 11.2 Å². The average Bonchev–Trinajstić information content (AvgIpc) is 2.57. The summed E-state index contributed by atoms with van der Waals surface area (Å²) in [4.78, 5) is 14.2. The minimum atomic E-state index is -0.250. The molecule has 1 atom stereocenters. The number of piperidine rings is 1. The van der Waals surface area contributed by atoms with Crippen LogP contribution in [-0.4, -0.2) is 48.7 Å². The number of nitrogens with zero attached hydrogens (tertiary/aromatic N) is 1. The summed E-state index contributed by atoms with van der Waals surface area (Å²) in [5.41, 5.74) is 0.842. The Labute approximate surface area is 143 Å². The molecule has 4 nitrogen and oxygen atoms in total. The smallest absolute Gasteiger partial charge is 0.234 e. The zero-order valence-electron chi connectivity index (χ0n) is 14.1. The lowest BCUT2D eigenvalue weighted by atomic mass is 9.78. The Morgan fingerprint density at radius 1 is 1.42 bits per heavy atom. The third-order valence-electron chi connectivity index (χ3n) is 4.67. The highest BCUT2D eigenvalue weighted by molar-refractivity contribution is 5.78. The van der Waals surface area contributed by atoms with Crippen molar-refractivity contribution in [2.75, 3.05) is 32.8 Å². The number of hydrogen-bond acceptors (Lipinski definition) is 3. The molecule has 5 heteroatoms. The molecule has 1 heterocycles. The second-order valence-electron chi connectivity index (χ2n) is 6.69. The van der Waals surface area contributed by atoms with Crippen LogP contribution in [0.2, 0.25) is 0 Å². The first kappa shape index (κ1) is 18.6. The predicted octanol–water partition coefficient (Wildman–Crippen LogP) is 2.13. The van der Waals surface area contributed by atoms with E-state index in [2.05, 4.69) is 16.8 Å². The van der Waals surface area contributed by atoms with E-state index in [0.717, 1.165) is 37.9 Å². The van der Waals surface area contributed by atoms with Crippen LogP contribution in [0.15, 0.2) is 36.9 Å². The maximum absolute atomic E-state index is 12.8. The lowest BCUT2D eigenvalue weighted by Crippen LogP contribution is -2.48. The summed E-state index contributed by atoms with van der Waals surface area (Å²) in [6, 6.07) is 6.33. The molecule has 1 aliphatic heterocycles. The molecule has 0 bridgehead atoms. The van der Waals surface area contributed by atoms with E-state index in [1.165, 1.54) is 12.1 Å². The van der Waals surface area contributed by atoms with E-state index >= 15 is 0 Å². The van der Waals surface area contributed by atoms with E-state index in [1.807, 2.05) is 6.08 Å². The third-order valence-corrected chi connectivity index (χ3v) is 4.67. The average molecular weight is 334 g/mol. The van der Waals surface area contributed by atoms with Gasteiger partial charge in [0.15, 0.2) is 0 Å². The van der Waals surface area contributed by atoms with Gasteiger partial charge in [-0.25, -0.2) is 4.39 Å². The van der Waals surface area contributed by atoms with Crippen molar-refractivity contribution >= 4 is 5.91 Å². The highest BCUT2D eigenvalue weighted by Crippen LogP contribution is 2.33. The number of allylic oxidation sites excluding steroid dienone is 1. The highest BCUT2D eigenvalue weighted by atomic mass is 19.1. The normalized spacial score (nSPS) is 21.4. The summed E-state index contributed by atoms with van der Waals surface area (Å²) in [7, 11) is 0. The van der Waals surface area contributed by atoms with E-state index in [9.17, 15) is 14.3 Å². The van der Waals surface area contributed by atoms with Gasteiger partial charge in [-0.05, 0) is 49.9 Å². The first-order valence-corrected chi connectivity index (χ1v) is 8.52. The predicted molar refractivity (Wildman–Crippen MR) is 93.1 cm³/mol. The standard InChI is InChI=1S/C19H27FN2O2/c1-2-9-19(15-23)10-3-12-22(14-19)13-18(24)21-11-8-16-4-6-17(20)7-5-16/h2,4-7,23H,1,3,8-15H2,(H,21,24)/t19-/m0/s1. The van der Waals surface area contributed by atoms with Crippen molar-refractivity contribution < 1.29 is 14.3 Å². The summed E-state index contributed by atoms with van der Waals surface area (Å²) in [5.74, 6) is -0.260. The Kier molecular flexibility index (Phi) is 6.94. The number of benzene rings is 1. The van der Waals surface area contributed by atoms with Crippen molar-refractivity contribution in [3.8, 4) is 0 Å². The molecule has 0 radical (unpaired) electrons. The molecule has 0 aromatic heterocycles. The van der Waals surface area contributed by atoms with E-state index < -0.39 is 0 Å². The number of likely N-dealkylation sites (tertiary alicyclic amines) is 1. The van der Waals surface area contributed by atoms with Gasteiger partial charge in [0.1, 0.15) is 5.82 Å². The van der Waals surface area contributed by atoms with Gasteiger partial charge in [0, 0.05) is 18.5 Å². The van der Waals surface area contributed by atoms with Gasteiger partial charge >= 0.3 is 0 Å². The largest absolute Gasteiger partial charge is 0.396 e. The second kappa shape index (κ2) is 8.94. The maximum atomic E-state index is 12.8. The van der Waals surface area contributed by atoms with Crippen LogP contribution >= 0.6 is 0 Å². The fraction of sp³-hybridized carbons (Fsp3) is 0.526. The first-order valence-electron chi connectivity index (χ1n) is 8.52. The third kappa shape index (κ3) is 5.42. The molecule has 24 heavy (non-hydrogen) atoms. The van der Waals surface area contributed by atoms with Crippen molar-refractivity contribution in [1.29, 1.82) is 0 Å². The fourth-order valence-corrected chi connectivity index (χ4v) is 3.37. The van der Waals surface area contributed by atoms with Crippen molar-refractivity contribution in [1.82, 2.24) is 10.2 Å². The van der Waals surface area contributed by atoms with Gasteiger partial charge in [-0.2, -0.15) is 0 Å². The molecular formula is C19H27FN2O2. The van der Waals surface area contributed by atoms with Crippen molar-refractivity contribution in [3.63, 3.8) is 0 Å². The Bertz CT molecular complexity index is 547. The zero-order chi connectivity index (χ0) is 17.4. The molecule has 0 aliphatic carbocycles. The molecule has 132 valence electrons. The zero-order valence-corrected chi connectivity index (χ0v) is 14.1. The monoisotopic (exact) mass is 334 g/mol.